The van der Waals surface area contributed by atoms with E-state index < -0.39 is 16.8 Å². The molecule has 88 valence electrons. The first kappa shape index (κ1) is 14.6. The van der Waals surface area contributed by atoms with E-state index in [1.54, 1.807) is 6.92 Å². The van der Waals surface area contributed by atoms with Crippen LogP contribution in [0.2, 0.25) is 0 Å². The largest absolute Gasteiger partial charge is 0.462 e. The fourth-order valence-corrected chi connectivity index (χ4v) is 1.26. The monoisotopic (exact) mass is 254 g/mol. The number of esters is 1. The highest BCUT2D eigenvalue weighted by Crippen LogP contribution is 2.10. The molecule has 0 bridgehead atoms. The van der Waals surface area contributed by atoms with Gasteiger partial charge in [0.05, 0.1) is 6.61 Å². The highest BCUT2D eigenvalue weighted by Gasteiger charge is 2.21. The Morgan fingerprint density at radius 2 is 2.07 bits per heavy atom. The van der Waals surface area contributed by atoms with Gasteiger partial charge in [-0.15, -0.1) is 0 Å². The summed E-state index contributed by atoms with van der Waals surface area (Å²) < 4.78 is 9.36. The van der Waals surface area contributed by atoms with Gasteiger partial charge in [-0.05, 0) is 18.2 Å². The van der Waals surface area contributed by atoms with Crippen LogP contribution in [0.3, 0.4) is 0 Å². The summed E-state index contributed by atoms with van der Waals surface area (Å²) in [5, 5.41) is -0.565. The molecule has 0 aliphatic carbocycles. The predicted octanol–water partition coefficient (Wildman–Crippen LogP) is 2.78. The molecule has 1 atom stereocenters. The van der Waals surface area contributed by atoms with Crippen LogP contribution in [0, 0.1) is 0 Å². The minimum absolute atomic E-state index is 0.303. The first-order valence-electron chi connectivity index (χ1n) is 4.75. The van der Waals surface area contributed by atoms with Gasteiger partial charge in [0.25, 0.3) is 5.56 Å². The van der Waals surface area contributed by atoms with E-state index in [1.807, 2.05) is 6.92 Å². The summed E-state index contributed by atoms with van der Waals surface area (Å²) >= 11 is 6.46. The molecule has 15 heavy (non-hydrogen) atoms. The van der Waals surface area contributed by atoms with Crippen LogP contribution in [-0.4, -0.2) is 29.2 Å². The van der Waals surface area contributed by atoms with Gasteiger partial charge in [0.1, 0.15) is 0 Å². The van der Waals surface area contributed by atoms with Crippen molar-refractivity contribution in [2.24, 2.45) is 0 Å². The van der Waals surface area contributed by atoms with Gasteiger partial charge >= 0.3 is 11.3 Å². The smallest absolute Gasteiger partial charge is 0.369 e. The molecule has 0 saturated carbocycles. The Kier molecular flexibility index (Phi) is 8.61. The number of alkyl halides is 1. The third-order valence-corrected chi connectivity index (χ3v) is 2.28. The van der Waals surface area contributed by atoms with Gasteiger partial charge in [-0.2, -0.15) is 0 Å². The van der Waals surface area contributed by atoms with Crippen molar-refractivity contribution in [1.29, 1.82) is 0 Å². The topological polar surface area (TPSA) is 52.6 Å². The number of unbranched alkanes of at least 4 members (excludes halogenated alkanes) is 1. The summed E-state index contributed by atoms with van der Waals surface area (Å²) in [5.41, 5.74) is -1.34. The number of hydrogen-bond donors (Lipinski definition) is 0. The Labute approximate surface area is 98.6 Å². The molecule has 1 unspecified atom stereocenters. The van der Waals surface area contributed by atoms with E-state index in [9.17, 15) is 9.59 Å². The summed E-state index contributed by atoms with van der Waals surface area (Å²) in [6.45, 7) is 4.08. The van der Waals surface area contributed by atoms with Gasteiger partial charge in [0.2, 0.25) is 0 Å². The third-order valence-electron chi connectivity index (χ3n) is 1.39. The highest BCUT2D eigenvalue weighted by molar-refractivity contribution is 8.13. The van der Waals surface area contributed by atoms with Crippen LogP contribution >= 0.6 is 23.4 Å². The maximum absolute atomic E-state index is 11.1. The van der Waals surface area contributed by atoms with Crippen LogP contribution in [0.1, 0.15) is 26.7 Å². The van der Waals surface area contributed by atoms with Gasteiger partial charge in [-0.3, -0.25) is 0 Å². The second-order valence-corrected chi connectivity index (χ2v) is 4.23. The molecule has 0 rings (SSSR count). The average molecular weight is 255 g/mol. The fourth-order valence-electron chi connectivity index (χ4n) is 0.667. The van der Waals surface area contributed by atoms with Crippen molar-refractivity contribution in [2.45, 2.75) is 32.3 Å². The molecule has 0 aromatic heterocycles. The number of carbonyl (C=O) groups is 2. The number of ether oxygens (including phenoxy) is 2. The molecule has 6 heteroatoms. The molecule has 0 saturated heterocycles. The second-order valence-electron chi connectivity index (χ2n) is 2.64. The Hall–Kier alpha value is -0.420. The highest BCUT2D eigenvalue weighted by atomic mass is 35.5. The molecule has 0 aliphatic rings. The second kappa shape index (κ2) is 8.85. The van der Waals surface area contributed by atoms with Gasteiger partial charge in [0.15, 0.2) is 0 Å². The molecule has 0 heterocycles. The molecule has 0 radical (unpaired) electrons. The van der Waals surface area contributed by atoms with Crippen molar-refractivity contribution < 1.29 is 19.1 Å². The van der Waals surface area contributed by atoms with Crippen LogP contribution in [0.4, 0.5) is 4.79 Å². The predicted molar refractivity (Wildman–Crippen MR) is 60.1 cm³/mol. The molecule has 0 spiro atoms. The van der Waals surface area contributed by atoms with Crippen LogP contribution in [0.15, 0.2) is 0 Å². The molecule has 0 N–H and O–H groups in total. The van der Waals surface area contributed by atoms with Crippen LogP contribution in [-0.2, 0) is 14.3 Å². The van der Waals surface area contributed by atoms with Crippen molar-refractivity contribution in [1.82, 2.24) is 0 Å². The van der Waals surface area contributed by atoms with Gasteiger partial charge in [-0.1, -0.05) is 31.9 Å². The quantitative estimate of drug-likeness (QED) is 0.414. The van der Waals surface area contributed by atoms with Crippen LogP contribution in [0.25, 0.3) is 0 Å². The number of thioether (sulfide) groups is 1. The van der Waals surface area contributed by atoms with E-state index in [2.05, 4.69) is 4.74 Å². The standard InChI is InChI=1S/C9H15ClO4S/c1-3-5-6-13-8(11)7(10)14-9(12)15-4-2/h7H,3-6H2,1-2H3. The molecule has 0 aromatic rings. The lowest BCUT2D eigenvalue weighted by Crippen LogP contribution is -2.23. The van der Waals surface area contributed by atoms with E-state index in [0.717, 1.165) is 24.6 Å². The van der Waals surface area contributed by atoms with Crippen molar-refractivity contribution >= 4 is 34.6 Å². The maximum atomic E-state index is 11.1. The Bertz CT molecular complexity index is 210. The zero-order chi connectivity index (χ0) is 11.7. The lowest BCUT2D eigenvalue weighted by Gasteiger charge is -2.09. The molecular weight excluding hydrogens is 240 g/mol. The van der Waals surface area contributed by atoms with Crippen molar-refractivity contribution in [3.8, 4) is 0 Å². The Morgan fingerprint density at radius 3 is 2.60 bits per heavy atom. The van der Waals surface area contributed by atoms with Crippen molar-refractivity contribution in [3.05, 3.63) is 0 Å². The Balaban J connectivity index is 3.73. The zero-order valence-corrected chi connectivity index (χ0v) is 10.4. The first-order valence-corrected chi connectivity index (χ1v) is 6.18. The molecule has 0 amide bonds. The lowest BCUT2D eigenvalue weighted by atomic mass is 10.4. The van der Waals surface area contributed by atoms with E-state index in [-0.39, 0.29) is 0 Å². The minimum atomic E-state index is -1.34. The van der Waals surface area contributed by atoms with Gasteiger partial charge in [-0.25, -0.2) is 9.59 Å². The summed E-state index contributed by atoms with van der Waals surface area (Å²) in [5.74, 6) is -0.136. The fraction of sp³-hybridized carbons (Fsp3) is 0.778. The van der Waals surface area contributed by atoms with Crippen LogP contribution < -0.4 is 0 Å². The van der Waals surface area contributed by atoms with E-state index >= 15 is 0 Å². The summed E-state index contributed by atoms with van der Waals surface area (Å²) in [4.78, 5) is 22.1. The van der Waals surface area contributed by atoms with Crippen molar-refractivity contribution in [2.75, 3.05) is 12.4 Å². The number of rotatable bonds is 6. The number of halogens is 1. The first-order chi connectivity index (χ1) is 7.11. The van der Waals surface area contributed by atoms with Crippen LogP contribution in [0.5, 0.6) is 0 Å². The molecule has 0 aliphatic heterocycles. The third kappa shape index (κ3) is 7.50. The number of carbonyl (C=O) groups excluding carboxylic acids is 2. The maximum Gasteiger partial charge on any atom is 0.369 e. The molecular formula is C9H15ClO4S. The van der Waals surface area contributed by atoms with E-state index in [0.29, 0.717) is 12.4 Å². The average Bonchev–Trinajstić information content (AvgIpc) is 2.18. The summed E-state index contributed by atoms with van der Waals surface area (Å²) in [7, 11) is 0. The number of hydrogen-bond acceptors (Lipinski definition) is 5. The SMILES string of the molecule is CCCCOC(=O)C(Cl)OC(=O)SCC. The normalized spacial score (nSPS) is 11.9. The Morgan fingerprint density at radius 1 is 1.40 bits per heavy atom. The van der Waals surface area contributed by atoms with E-state index in [4.69, 9.17) is 16.3 Å². The summed E-state index contributed by atoms with van der Waals surface area (Å²) in [6, 6.07) is 0. The molecule has 4 nitrogen and oxygen atoms in total. The minimum Gasteiger partial charge on any atom is -0.462 e. The lowest BCUT2D eigenvalue weighted by molar-refractivity contribution is -0.149. The summed E-state index contributed by atoms with van der Waals surface area (Å²) in [6.07, 6.45) is 1.69. The molecule has 0 fully saturated rings. The van der Waals surface area contributed by atoms with E-state index in [1.165, 1.54) is 0 Å². The zero-order valence-electron chi connectivity index (χ0n) is 8.82. The van der Waals surface area contributed by atoms with Crippen molar-refractivity contribution in [3.63, 3.8) is 0 Å². The molecule has 0 aromatic carbocycles. The van der Waals surface area contributed by atoms with Gasteiger partial charge < -0.3 is 9.47 Å². The van der Waals surface area contributed by atoms with Gasteiger partial charge in [0, 0.05) is 5.75 Å².